The highest BCUT2D eigenvalue weighted by molar-refractivity contribution is 5.59. The molecule has 0 bridgehead atoms. The van der Waals surface area contributed by atoms with Crippen LogP contribution in [0.5, 0.6) is 11.5 Å². The topological polar surface area (TPSA) is 66.0 Å². The van der Waals surface area contributed by atoms with Crippen LogP contribution in [-0.2, 0) is 0 Å². The third kappa shape index (κ3) is 4.77. The Balaban J connectivity index is 2.33. The van der Waals surface area contributed by atoms with Gasteiger partial charge in [0.1, 0.15) is 17.7 Å². The maximum absolute atomic E-state index is 9.17. The van der Waals surface area contributed by atoms with Crippen LogP contribution in [0.15, 0.2) is 47.1 Å². The molecule has 0 heterocycles. The number of methoxy groups -OCH3 is 1. The molecule has 0 saturated carbocycles. The molecular weight excluding hydrogens is 324 g/mol. The third-order valence-electron chi connectivity index (χ3n) is 4.23. The second kappa shape index (κ2) is 8.41. The minimum absolute atomic E-state index is 0.0131. The summed E-state index contributed by atoms with van der Waals surface area (Å²) in [5, 5.41) is 18.3. The van der Waals surface area contributed by atoms with Crippen molar-refractivity contribution in [2.45, 2.75) is 33.6 Å². The van der Waals surface area contributed by atoms with Crippen molar-refractivity contribution in [1.29, 1.82) is 10.5 Å². The number of nitriles is 2. The van der Waals surface area contributed by atoms with Gasteiger partial charge in [-0.25, -0.2) is 0 Å². The predicted molar refractivity (Wildman–Crippen MR) is 103 cm³/mol. The van der Waals surface area contributed by atoms with E-state index in [2.05, 4.69) is 13.8 Å². The molecule has 2 rings (SSSR count). The Bertz CT molecular complexity index is 830. The van der Waals surface area contributed by atoms with Crippen molar-refractivity contribution in [1.82, 2.24) is 0 Å². The molecule has 1 aromatic carbocycles. The molecular formula is C22H24N2O2. The molecule has 1 aromatic rings. The van der Waals surface area contributed by atoms with Crippen molar-refractivity contribution in [3.05, 3.63) is 52.6 Å². The molecule has 134 valence electrons. The predicted octanol–water partition coefficient (Wildman–Crippen LogP) is 5.20. The summed E-state index contributed by atoms with van der Waals surface area (Å²) in [6, 6.07) is 9.82. The monoisotopic (exact) mass is 348 g/mol. The van der Waals surface area contributed by atoms with Crippen LogP contribution < -0.4 is 9.47 Å². The zero-order chi connectivity index (χ0) is 19.2. The van der Waals surface area contributed by atoms with Crippen LogP contribution in [0.25, 0.3) is 6.08 Å². The van der Waals surface area contributed by atoms with Gasteiger partial charge in [0.2, 0.25) is 0 Å². The lowest BCUT2D eigenvalue weighted by Gasteiger charge is -2.30. The SMILES string of the molecule is CCOc1ccc(/C=C/C2=CC(=C(C#N)C#N)CC(C)(C)C2)cc1OC. The summed E-state index contributed by atoms with van der Waals surface area (Å²) in [7, 11) is 1.62. The first-order valence-electron chi connectivity index (χ1n) is 8.65. The van der Waals surface area contributed by atoms with Gasteiger partial charge >= 0.3 is 0 Å². The molecule has 0 spiro atoms. The Morgan fingerprint density at radius 1 is 1.15 bits per heavy atom. The fraction of sp³-hybridized carbons (Fsp3) is 0.364. The van der Waals surface area contributed by atoms with E-state index in [0.717, 1.165) is 35.3 Å². The maximum atomic E-state index is 9.17. The molecule has 1 aliphatic carbocycles. The number of hydrogen-bond acceptors (Lipinski definition) is 4. The average Bonchev–Trinajstić information content (AvgIpc) is 2.61. The zero-order valence-corrected chi connectivity index (χ0v) is 15.8. The highest BCUT2D eigenvalue weighted by Gasteiger charge is 2.26. The van der Waals surface area contributed by atoms with Crippen LogP contribution in [0.3, 0.4) is 0 Å². The molecule has 26 heavy (non-hydrogen) atoms. The molecule has 0 fully saturated rings. The van der Waals surface area contributed by atoms with Gasteiger partial charge in [0, 0.05) is 0 Å². The highest BCUT2D eigenvalue weighted by Crippen LogP contribution is 2.39. The molecule has 0 atom stereocenters. The van der Waals surface area contributed by atoms with Gasteiger partial charge in [-0.3, -0.25) is 0 Å². The standard InChI is InChI=1S/C22H24N2O2/c1-5-26-20-9-8-16(11-21(20)25-4)6-7-17-10-18(19(14-23)15-24)13-22(2,3)12-17/h6-11H,5,12-13H2,1-4H3/b7-6+. The highest BCUT2D eigenvalue weighted by atomic mass is 16.5. The number of allylic oxidation sites excluding steroid dienone is 5. The van der Waals surface area contributed by atoms with Crippen molar-refractivity contribution in [3.63, 3.8) is 0 Å². The lowest BCUT2D eigenvalue weighted by atomic mass is 9.74. The zero-order valence-electron chi connectivity index (χ0n) is 15.8. The summed E-state index contributed by atoms with van der Waals surface area (Å²) in [5.41, 5.74) is 3.13. The fourth-order valence-electron chi connectivity index (χ4n) is 3.16. The fourth-order valence-corrected chi connectivity index (χ4v) is 3.16. The first-order chi connectivity index (χ1) is 12.4. The van der Waals surface area contributed by atoms with Gasteiger partial charge in [-0.05, 0) is 54.0 Å². The number of rotatable bonds is 5. The molecule has 4 nitrogen and oxygen atoms in total. The van der Waals surface area contributed by atoms with E-state index in [4.69, 9.17) is 20.0 Å². The molecule has 0 saturated heterocycles. The minimum Gasteiger partial charge on any atom is -0.493 e. The average molecular weight is 348 g/mol. The van der Waals surface area contributed by atoms with Gasteiger partial charge in [0.15, 0.2) is 11.5 Å². The van der Waals surface area contributed by atoms with Gasteiger partial charge in [-0.2, -0.15) is 10.5 Å². The maximum Gasteiger partial charge on any atom is 0.161 e. The molecule has 4 heteroatoms. The Morgan fingerprint density at radius 3 is 2.50 bits per heavy atom. The third-order valence-corrected chi connectivity index (χ3v) is 4.23. The Morgan fingerprint density at radius 2 is 1.88 bits per heavy atom. The van der Waals surface area contributed by atoms with Gasteiger partial charge in [0.25, 0.3) is 0 Å². The molecule has 0 aliphatic heterocycles. The van der Waals surface area contributed by atoms with Crippen LogP contribution in [0.4, 0.5) is 0 Å². The van der Waals surface area contributed by atoms with E-state index >= 15 is 0 Å². The summed E-state index contributed by atoms with van der Waals surface area (Å²) < 4.78 is 10.9. The summed E-state index contributed by atoms with van der Waals surface area (Å²) >= 11 is 0. The van der Waals surface area contributed by atoms with Crippen LogP contribution in [0, 0.1) is 28.1 Å². The van der Waals surface area contributed by atoms with Gasteiger partial charge in [0.05, 0.1) is 13.7 Å². The molecule has 0 radical (unpaired) electrons. The van der Waals surface area contributed by atoms with Crippen molar-refractivity contribution in [2.24, 2.45) is 5.41 Å². The van der Waals surface area contributed by atoms with Crippen LogP contribution in [0.2, 0.25) is 0 Å². The quantitative estimate of drug-likeness (QED) is 0.686. The Hall–Kier alpha value is -2.98. The first kappa shape index (κ1) is 19.3. The first-order valence-corrected chi connectivity index (χ1v) is 8.65. The van der Waals surface area contributed by atoms with E-state index in [1.807, 2.05) is 55.5 Å². The molecule has 0 N–H and O–H groups in total. The second-order valence-corrected chi connectivity index (χ2v) is 7.04. The lowest BCUT2D eigenvalue weighted by Crippen LogP contribution is -2.17. The van der Waals surface area contributed by atoms with Gasteiger partial charge in [-0.15, -0.1) is 0 Å². The van der Waals surface area contributed by atoms with E-state index in [1.54, 1.807) is 7.11 Å². The number of nitrogens with zero attached hydrogens (tertiary/aromatic N) is 2. The van der Waals surface area contributed by atoms with Crippen molar-refractivity contribution >= 4 is 6.08 Å². The van der Waals surface area contributed by atoms with Crippen molar-refractivity contribution in [3.8, 4) is 23.6 Å². The van der Waals surface area contributed by atoms with E-state index in [-0.39, 0.29) is 11.0 Å². The largest absolute Gasteiger partial charge is 0.493 e. The van der Waals surface area contributed by atoms with Gasteiger partial charge in [-0.1, -0.05) is 38.1 Å². The van der Waals surface area contributed by atoms with E-state index in [0.29, 0.717) is 12.4 Å². The number of benzene rings is 1. The van der Waals surface area contributed by atoms with Crippen molar-refractivity contribution < 1.29 is 9.47 Å². The number of ether oxygens (including phenoxy) is 2. The molecule has 0 amide bonds. The summed E-state index contributed by atoms with van der Waals surface area (Å²) in [5.74, 6) is 1.42. The van der Waals surface area contributed by atoms with Crippen molar-refractivity contribution in [2.75, 3.05) is 13.7 Å². The summed E-state index contributed by atoms with van der Waals surface area (Å²) in [6.07, 6.45) is 7.65. The summed E-state index contributed by atoms with van der Waals surface area (Å²) in [6.45, 7) is 6.83. The summed E-state index contributed by atoms with van der Waals surface area (Å²) in [4.78, 5) is 0. The second-order valence-electron chi connectivity index (χ2n) is 7.04. The number of hydrogen-bond donors (Lipinski definition) is 0. The molecule has 1 aliphatic rings. The smallest absolute Gasteiger partial charge is 0.161 e. The van der Waals surface area contributed by atoms with Crippen LogP contribution >= 0.6 is 0 Å². The Labute approximate surface area is 155 Å². The lowest BCUT2D eigenvalue weighted by molar-refractivity contribution is 0.311. The van der Waals surface area contributed by atoms with Gasteiger partial charge < -0.3 is 9.47 Å². The van der Waals surface area contributed by atoms with E-state index < -0.39 is 0 Å². The van der Waals surface area contributed by atoms with Crippen LogP contribution in [0.1, 0.15) is 39.2 Å². The molecule has 0 unspecified atom stereocenters. The normalized spacial score (nSPS) is 15.8. The van der Waals surface area contributed by atoms with E-state index in [1.165, 1.54) is 0 Å². The van der Waals surface area contributed by atoms with Crippen LogP contribution in [-0.4, -0.2) is 13.7 Å². The molecule has 0 aromatic heterocycles. The Kier molecular flexibility index (Phi) is 6.26. The van der Waals surface area contributed by atoms with E-state index in [9.17, 15) is 0 Å². The minimum atomic E-state index is 0.0131.